The van der Waals surface area contributed by atoms with Crippen LogP contribution in [0.1, 0.15) is 19.7 Å². The predicted molar refractivity (Wildman–Crippen MR) is 61.0 cm³/mol. The van der Waals surface area contributed by atoms with Crippen LogP contribution in [0.3, 0.4) is 0 Å². The highest BCUT2D eigenvalue weighted by atomic mass is 32.2. The zero-order chi connectivity index (χ0) is 12.1. The van der Waals surface area contributed by atoms with E-state index in [0.29, 0.717) is 16.9 Å². The molecule has 16 heavy (non-hydrogen) atoms. The Balaban J connectivity index is 2.46. The van der Waals surface area contributed by atoms with Crippen LogP contribution in [0.25, 0.3) is 0 Å². The van der Waals surface area contributed by atoms with Crippen molar-refractivity contribution in [2.45, 2.75) is 38.1 Å². The van der Waals surface area contributed by atoms with E-state index in [2.05, 4.69) is 15.5 Å². The summed E-state index contributed by atoms with van der Waals surface area (Å²) in [5.41, 5.74) is 5.27. The highest BCUT2D eigenvalue weighted by Crippen LogP contribution is 2.16. The fraction of sp³-hybridized carbons (Fsp3) is 0.667. The Kier molecular flexibility index (Phi) is 4.75. The lowest BCUT2D eigenvalue weighted by atomic mass is 10.3. The smallest absolute Gasteiger partial charge is 0.276 e. The maximum absolute atomic E-state index is 11.1. The van der Waals surface area contributed by atoms with Gasteiger partial charge in [0.15, 0.2) is 0 Å². The van der Waals surface area contributed by atoms with Gasteiger partial charge >= 0.3 is 0 Å². The van der Waals surface area contributed by atoms with Gasteiger partial charge < -0.3 is 15.5 Å². The van der Waals surface area contributed by atoms with Crippen LogP contribution in [0.4, 0.5) is 0 Å². The molecule has 1 atom stereocenters. The van der Waals surface area contributed by atoms with E-state index >= 15 is 0 Å². The van der Waals surface area contributed by atoms with Crippen LogP contribution in [0.2, 0.25) is 0 Å². The standard InChI is InChI=1S/C9H16N4O2S/c1-5(2)11-7(8(10)14)4-16-9-13-12-6(3)15-9/h5,7,11H,4H2,1-3H3,(H2,10,14). The summed E-state index contributed by atoms with van der Waals surface area (Å²) in [7, 11) is 0. The molecule has 0 bridgehead atoms. The lowest BCUT2D eigenvalue weighted by molar-refractivity contribution is -0.119. The molecule has 0 aromatic carbocycles. The average Bonchev–Trinajstić information content (AvgIpc) is 2.58. The van der Waals surface area contributed by atoms with Gasteiger partial charge in [-0.05, 0) is 0 Å². The van der Waals surface area contributed by atoms with Crippen LogP contribution < -0.4 is 11.1 Å². The van der Waals surface area contributed by atoms with Crippen molar-refractivity contribution in [3.8, 4) is 0 Å². The SMILES string of the molecule is Cc1nnc(SCC(NC(C)C)C(N)=O)o1. The van der Waals surface area contributed by atoms with Crippen molar-refractivity contribution in [3.05, 3.63) is 5.89 Å². The highest BCUT2D eigenvalue weighted by Gasteiger charge is 2.17. The van der Waals surface area contributed by atoms with E-state index in [0.717, 1.165) is 0 Å². The quantitative estimate of drug-likeness (QED) is 0.700. The number of aromatic nitrogens is 2. The molecule has 0 saturated heterocycles. The third-order valence-corrected chi connectivity index (χ3v) is 2.67. The molecule has 1 aromatic rings. The van der Waals surface area contributed by atoms with Gasteiger partial charge in [-0.2, -0.15) is 0 Å². The molecule has 0 spiro atoms. The minimum atomic E-state index is -0.391. The molecule has 0 aliphatic carbocycles. The van der Waals surface area contributed by atoms with E-state index in [1.54, 1.807) is 6.92 Å². The molecular formula is C9H16N4O2S. The Hall–Kier alpha value is -1.08. The number of thioether (sulfide) groups is 1. The van der Waals surface area contributed by atoms with Crippen LogP contribution in [-0.2, 0) is 4.79 Å². The number of aryl methyl sites for hydroxylation is 1. The summed E-state index contributed by atoms with van der Waals surface area (Å²) in [5.74, 6) is 0.613. The van der Waals surface area contributed by atoms with E-state index in [9.17, 15) is 4.79 Å². The molecule has 3 N–H and O–H groups in total. The van der Waals surface area contributed by atoms with Crippen LogP contribution in [0.5, 0.6) is 0 Å². The van der Waals surface area contributed by atoms with Crippen molar-refractivity contribution in [2.75, 3.05) is 5.75 Å². The number of nitrogens with zero attached hydrogens (tertiary/aromatic N) is 2. The molecule has 7 heteroatoms. The minimum Gasteiger partial charge on any atom is -0.416 e. The number of nitrogens with one attached hydrogen (secondary N) is 1. The van der Waals surface area contributed by atoms with Crippen LogP contribution in [0, 0.1) is 6.92 Å². The van der Waals surface area contributed by atoms with Gasteiger partial charge in [0.1, 0.15) is 0 Å². The maximum Gasteiger partial charge on any atom is 0.276 e. The topological polar surface area (TPSA) is 94.0 Å². The van der Waals surface area contributed by atoms with E-state index < -0.39 is 6.04 Å². The van der Waals surface area contributed by atoms with Gasteiger partial charge in [0, 0.05) is 18.7 Å². The van der Waals surface area contributed by atoms with Gasteiger partial charge in [0.25, 0.3) is 5.22 Å². The summed E-state index contributed by atoms with van der Waals surface area (Å²) in [6, 6.07) is -0.195. The van der Waals surface area contributed by atoms with Crippen LogP contribution in [-0.4, -0.2) is 33.9 Å². The van der Waals surface area contributed by atoms with E-state index in [1.165, 1.54) is 11.8 Å². The van der Waals surface area contributed by atoms with Crippen molar-refractivity contribution in [1.82, 2.24) is 15.5 Å². The van der Waals surface area contributed by atoms with E-state index in [4.69, 9.17) is 10.2 Å². The number of primary amides is 1. The van der Waals surface area contributed by atoms with Crippen molar-refractivity contribution in [1.29, 1.82) is 0 Å². The molecule has 1 rings (SSSR count). The summed E-state index contributed by atoms with van der Waals surface area (Å²) >= 11 is 1.32. The van der Waals surface area contributed by atoms with Crippen molar-refractivity contribution >= 4 is 17.7 Å². The summed E-state index contributed by atoms with van der Waals surface area (Å²) in [4.78, 5) is 11.1. The second-order valence-electron chi connectivity index (χ2n) is 3.67. The first kappa shape index (κ1) is 13.0. The largest absolute Gasteiger partial charge is 0.416 e. The predicted octanol–water partition coefficient (Wildman–Crippen LogP) is 0.322. The lowest BCUT2D eigenvalue weighted by Gasteiger charge is -2.16. The molecule has 0 saturated carbocycles. The number of hydrogen-bond acceptors (Lipinski definition) is 6. The van der Waals surface area contributed by atoms with Crippen LogP contribution >= 0.6 is 11.8 Å². The van der Waals surface area contributed by atoms with Crippen molar-refractivity contribution < 1.29 is 9.21 Å². The summed E-state index contributed by atoms with van der Waals surface area (Å²) in [5, 5.41) is 11.0. The Labute approximate surface area is 98.4 Å². The highest BCUT2D eigenvalue weighted by molar-refractivity contribution is 7.99. The minimum absolute atomic E-state index is 0.197. The monoisotopic (exact) mass is 244 g/mol. The number of amides is 1. The molecule has 1 aromatic heterocycles. The molecule has 0 aliphatic rings. The molecule has 0 radical (unpaired) electrons. The van der Waals surface area contributed by atoms with Crippen molar-refractivity contribution in [3.63, 3.8) is 0 Å². The summed E-state index contributed by atoms with van der Waals surface area (Å²) in [6.07, 6.45) is 0. The average molecular weight is 244 g/mol. The Morgan fingerprint density at radius 2 is 2.25 bits per heavy atom. The number of carbonyl (C=O) groups excluding carboxylic acids is 1. The summed E-state index contributed by atoms with van der Waals surface area (Å²) in [6.45, 7) is 5.63. The molecular weight excluding hydrogens is 228 g/mol. The first-order chi connectivity index (χ1) is 7.49. The Morgan fingerprint density at radius 3 is 2.69 bits per heavy atom. The van der Waals surface area contributed by atoms with Gasteiger partial charge in [0.2, 0.25) is 11.8 Å². The van der Waals surface area contributed by atoms with Gasteiger partial charge in [0.05, 0.1) is 6.04 Å². The number of carbonyl (C=O) groups is 1. The summed E-state index contributed by atoms with van der Waals surface area (Å²) < 4.78 is 5.18. The molecule has 1 amide bonds. The normalized spacial score (nSPS) is 13.0. The van der Waals surface area contributed by atoms with Gasteiger partial charge in [-0.3, -0.25) is 4.79 Å². The molecule has 0 aliphatic heterocycles. The fourth-order valence-corrected chi connectivity index (χ4v) is 1.95. The fourth-order valence-electron chi connectivity index (χ4n) is 1.11. The van der Waals surface area contributed by atoms with E-state index in [-0.39, 0.29) is 11.9 Å². The third-order valence-electron chi connectivity index (χ3n) is 1.76. The first-order valence-corrected chi connectivity index (χ1v) is 5.96. The van der Waals surface area contributed by atoms with Gasteiger partial charge in [-0.1, -0.05) is 25.6 Å². The Morgan fingerprint density at radius 1 is 1.56 bits per heavy atom. The first-order valence-electron chi connectivity index (χ1n) is 4.97. The maximum atomic E-state index is 11.1. The van der Waals surface area contributed by atoms with Gasteiger partial charge in [-0.25, -0.2) is 0 Å². The third kappa shape index (κ3) is 4.19. The zero-order valence-corrected chi connectivity index (χ0v) is 10.4. The molecule has 1 unspecified atom stereocenters. The van der Waals surface area contributed by atoms with Crippen LogP contribution in [0.15, 0.2) is 9.64 Å². The van der Waals surface area contributed by atoms with Crippen molar-refractivity contribution in [2.24, 2.45) is 5.73 Å². The van der Waals surface area contributed by atoms with Gasteiger partial charge in [-0.15, -0.1) is 10.2 Å². The lowest BCUT2D eigenvalue weighted by Crippen LogP contribution is -2.46. The molecule has 1 heterocycles. The second kappa shape index (κ2) is 5.86. The molecule has 90 valence electrons. The number of hydrogen-bond donors (Lipinski definition) is 2. The Bertz CT molecular complexity index is 353. The van der Waals surface area contributed by atoms with E-state index in [1.807, 2.05) is 13.8 Å². The molecule has 6 nitrogen and oxygen atoms in total. The zero-order valence-electron chi connectivity index (χ0n) is 9.56. The molecule has 0 fully saturated rings. The number of nitrogens with two attached hydrogens (primary N) is 1. The second-order valence-corrected chi connectivity index (χ2v) is 4.65. The number of rotatable bonds is 6.